The Morgan fingerprint density at radius 3 is 1.92 bits per heavy atom. The predicted octanol–water partition coefficient (Wildman–Crippen LogP) is 4.39. The number of carbonyl (C=O) groups excluding carboxylic acids is 2. The lowest BCUT2D eigenvalue weighted by atomic mass is 10.0. The third-order valence-electron chi connectivity index (χ3n) is 4.16. The second kappa shape index (κ2) is 11.8. The standard InChI is InChI=1S/C18H30N2O4/c1-3-5-7-9-11-13-15(21)17-18(20(23)24-19-17)16(22)14-12-10-8-6-4-2/h3-14H2,1-2H3. The van der Waals surface area contributed by atoms with Gasteiger partial charge in [0.2, 0.25) is 11.6 Å². The average Bonchev–Trinajstić information content (AvgIpc) is 2.96. The molecule has 1 rings (SSSR count). The molecule has 0 amide bonds. The van der Waals surface area contributed by atoms with Crippen LogP contribution in [0.5, 0.6) is 0 Å². The summed E-state index contributed by atoms with van der Waals surface area (Å²) in [7, 11) is 0. The molecule has 0 radical (unpaired) electrons. The number of rotatable bonds is 14. The fraction of sp³-hybridized carbons (Fsp3) is 0.778. The fourth-order valence-electron chi connectivity index (χ4n) is 2.68. The van der Waals surface area contributed by atoms with Gasteiger partial charge in [0.15, 0.2) is 0 Å². The predicted molar refractivity (Wildman–Crippen MR) is 90.9 cm³/mol. The zero-order chi connectivity index (χ0) is 17.8. The van der Waals surface area contributed by atoms with E-state index >= 15 is 0 Å². The van der Waals surface area contributed by atoms with Crippen molar-refractivity contribution in [3.63, 3.8) is 0 Å². The minimum Gasteiger partial charge on any atom is -0.359 e. The number of hydrogen-bond donors (Lipinski definition) is 0. The molecule has 0 saturated heterocycles. The van der Waals surface area contributed by atoms with Gasteiger partial charge < -0.3 is 5.21 Å². The Kier molecular flexibility index (Phi) is 9.96. The molecule has 1 aromatic heterocycles. The molecule has 0 bridgehead atoms. The van der Waals surface area contributed by atoms with Gasteiger partial charge in [0.05, 0.1) is 5.16 Å². The first-order chi connectivity index (χ1) is 11.6. The molecule has 0 atom stereocenters. The van der Waals surface area contributed by atoms with E-state index in [-0.39, 0.29) is 34.3 Å². The molecule has 0 aromatic carbocycles. The molecule has 0 aliphatic carbocycles. The van der Waals surface area contributed by atoms with E-state index < -0.39 is 0 Å². The molecule has 136 valence electrons. The molecule has 6 heteroatoms. The molecular weight excluding hydrogens is 308 g/mol. The monoisotopic (exact) mass is 338 g/mol. The van der Waals surface area contributed by atoms with E-state index in [1.165, 1.54) is 0 Å². The summed E-state index contributed by atoms with van der Waals surface area (Å²) in [6.07, 6.45) is 10.7. The SMILES string of the molecule is CCCCCCCC(=O)c1no[n+]([O-])c1C(=O)CCCCCCC. The van der Waals surface area contributed by atoms with Gasteiger partial charge >= 0.3 is 0 Å². The third kappa shape index (κ3) is 6.81. The number of Topliss-reactive ketones (excluding diaryl/α,β-unsaturated/α-hetero) is 2. The fourth-order valence-corrected chi connectivity index (χ4v) is 2.68. The van der Waals surface area contributed by atoms with Gasteiger partial charge in [-0.3, -0.25) is 14.2 Å². The van der Waals surface area contributed by atoms with E-state index in [4.69, 9.17) is 0 Å². The van der Waals surface area contributed by atoms with Gasteiger partial charge in [-0.1, -0.05) is 65.2 Å². The Morgan fingerprint density at radius 1 is 0.875 bits per heavy atom. The van der Waals surface area contributed by atoms with E-state index in [0.717, 1.165) is 57.8 Å². The van der Waals surface area contributed by atoms with Crippen molar-refractivity contribution in [2.75, 3.05) is 0 Å². The molecule has 6 nitrogen and oxygen atoms in total. The van der Waals surface area contributed by atoms with Crippen molar-refractivity contribution in [3.05, 3.63) is 16.6 Å². The summed E-state index contributed by atoms with van der Waals surface area (Å²) in [4.78, 5) is 24.5. The van der Waals surface area contributed by atoms with E-state index in [2.05, 4.69) is 23.6 Å². The van der Waals surface area contributed by atoms with Crippen molar-refractivity contribution in [2.45, 2.75) is 90.9 Å². The van der Waals surface area contributed by atoms with Gasteiger partial charge in [0.1, 0.15) is 0 Å². The second-order valence-electron chi connectivity index (χ2n) is 6.30. The molecule has 1 heterocycles. The van der Waals surface area contributed by atoms with Gasteiger partial charge in [-0.15, -0.1) is 0 Å². The average molecular weight is 338 g/mol. The van der Waals surface area contributed by atoms with Crippen molar-refractivity contribution in [1.82, 2.24) is 5.16 Å². The molecule has 1 aromatic rings. The van der Waals surface area contributed by atoms with Gasteiger partial charge in [0.25, 0.3) is 11.4 Å². The highest BCUT2D eigenvalue weighted by Crippen LogP contribution is 2.14. The van der Waals surface area contributed by atoms with Crippen molar-refractivity contribution < 1.29 is 19.1 Å². The summed E-state index contributed by atoms with van der Waals surface area (Å²) in [5, 5.41) is 15.2. The van der Waals surface area contributed by atoms with E-state index in [1.54, 1.807) is 0 Å². The molecule has 0 saturated carbocycles. The van der Waals surface area contributed by atoms with E-state index in [1.807, 2.05) is 0 Å². The van der Waals surface area contributed by atoms with Crippen LogP contribution in [0.15, 0.2) is 4.63 Å². The van der Waals surface area contributed by atoms with Crippen LogP contribution in [0.25, 0.3) is 0 Å². The molecule has 0 fully saturated rings. The molecule has 24 heavy (non-hydrogen) atoms. The maximum Gasteiger partial charge on any atom is 0.294 e. The largest absolute Gasteiger partial charge is 0.359 e. The second-order valence-corrected chi connectivity index (χ2v) is 6.30. The van der Waals surface area contributed by atoms with Crippen LogP contribution in [0, 0.1) is 5.21 Å². The van der Waals surface area contributed by atoms with Crippen molar-refractivity contribution >= 4 is 11.6 Å². The highest BCUT2D eigenvalue weighted by molar-refractivity contribution is 6.05. The van der Waals surface area contributed by atoms with Crippen LogP contribution in [0.4, 0.5) is 0 Å². The summed E-state index contributed by atoms with van der Waals surface area (Å²) in [6.45, 7) is 4.26. The Labute approximate surface area is 144 Å². The summed E-state index contributed by atoms with van der Waals surface area (Å²) >= 11 is 0. The van der Waals surface area contributed by atoms with Gasteiger partial charge in [-0.2, -0.15) is 0 Å². The summed E-state index contributed by atoms with van der Waals surface area (Å²) in [5.74, 6) is -0.628. The topological polar surface area (TPSA) is 87.1 Å². The normalized spacial score (nSPS) is 10.9. The first-order valence-electron chi connectivity index (χ1n) is 9.27. The van der Waals surface area contributed by atoms with Crippen molar-refractivity contribution in [1.29, 1.82) is 0 Å². The number of unbranched alkanes of at least 4 members (excludes halogenated alkanes) is 8. The Hall–Kier alpha value is -1.72. The van der Waals surface area contributed by atoms with E-state index in [0.29, 0.717) is 12.8 Å². The highest BCUT2D eigenvalue weighted by atomic mass is 16.8. The highest BCUT2D eigenvalue weighted by Gasteiger charge is 2.30. The number of ketones is 2. The van der Waals surface area contributed by atoms with Gasteiger partial charge in [-0.05, 0) is 17.7 Å². The quantitative estimate of drug-likeness (QED) is 0.285. The maximum atomic E-state index is 12.2. The molecule has 0 N–H and O–H groups in total. The zero-order valence-electron chi connectivity index (χ0n) is 15.0. The van der Waals surface area contributed by atoms with Crippen LogP contribution in [0.3, 0.4) is 0 Å². The van der Waals surface area contributed by atoms with Crippen LogP contribution in [0.1, 0.15) is 112 Å². The number of nitrogens with zero attached hydrogens (tertiary/aromatic N) is 2. The van der Waals surface area contributed by atoms with Crippen LogP contribution in [-0.2, 0) is 0 Å². The molecule has 0 unspecified atom stereocenters. The minimum absolute atomic E-state index is 0.0820. The number of hydrogen-bond acceptors (Lipinski definition) is 5. The molecule has 0 aliphatic rings. The Bertz CT molecular complexity index is 511. The molecule has 0 aliphatic heterocycles. The van der Waals surface area contributed by atoms with Crippen LogP contribution < -0.4 is 4.90 Å². The Morgan fingerprint density at radius 2 is 1.38 bits per heavy atom. The van der Waals surface area contributed by atoms with Crippen molar-refractivity contribution in [2.24, 2.45) is 0 Å². The van der Waals surface area contributed by atoms with Crippen LogP contribution in [-0.4, -0.2) is 16.7 Å². The van der Waals surface area contributed by atoms with Gasteiger partial charge in [0, 0.05) is 12.8 Å². The Balaban J connectivity index is 2.51. The number of carbonyl (C=O) groups is 2. The summed E-state index contributed by atoms with van der Waals surface area (Å²) in [5.41, 5.74) is -0.317. The first kappa shape index (κ1) is 20.3. The minimum atomic E-state index is -0.350. The zero-order valence-corrected chi connectivity index (χ0v) is 15.0. The lowest BCUT2D eigenvalue weighted by Crippen LogP contribution is -2.32. The third-order valence-corrected chi connectivity index (χ3v) is 4.16. The van der Waals surface area contributed by atoms with Gasteiger partial charge in [-0.25, -0.2) is 0 Å². The summed E-state index contributed by atoms with van der Waals surface area (Å²) in [6, 6.07) is 0. The first-order valence-corrected chi connectivity index (χ1v) is 9.27. The van der Waals surface area contributed by atoms with Crippen molar-refractivity contribution in [3.8, 4) is 0 Å². The molecular formula is C18H30N2O4. The smallest absolute Gasteiger partial charge is 0.294 e. The van der Waals surface area contributed by atoms with Crippen LogP contribution in [0.2, 0.25) is 0 Å². The van der Waals surface area contributed by atoms with Crippen LogP contribution >= 0.6 is 0 Å². The summed E-state index contributed by atoms with van der Waals surface area (Å²) < 4.78 is 4.50. The maximum absolute atomic E-state index is 12.2. The lowest BCUT2D eigenvalue weighted by Gasteiger charge is -2.00. The molecule has 0 spiro atoms. The van der Waals surface area contributed by atoms with E-state index in [9.17, 15) is 14.8 Å². The lowest BCUT2D eigenvalue weighted by molar-refractivity contribution is -0.803. The number of aromatic nitrogens is 2.